The molecule has 0 bridgehead atoms. The van der Waals surface area contributed by atoms with Crippen molar-refractivity contribution in [1.82, 2.24) is 0 Å². The van der Waals surface area contributed by atoms with Crippen LogP contribution in [0.5, 0.6) is 5.75 Å². The number of rotatable bonds is 4. The predicted octanol–water partition coefficient (Wildman–Crippen LogP) is 3.78. The molecule has 0 spiro atoms. The Hall–Kier alpha value is -1.22. The zero-order valence-corrected chi connectivity index (χ0v) is 11.4. The number of ether oxygens (including phenoxy) is 1. The van der Waals surface area contributed by atoms with Crippen LogP contribution in [-0.4, -0.2) is 17.2 Å². The Kier molecular flexibility index (Phi) is 3.17. The van der Waals surface area contributed by atoms with Crippen LogP contribution in [0.4, 0.5) is 0 Å². The van der Waals surface area contributed by atoms with Crippen molar-refractivity contribution in [2.45, 2.75) is 50.0 Å². The molecule has 0 atom stereocenters. The zero-order chi connectivity index (χ0) is 13.5. The van der Waals surface area contributed by atoms with E-state index in [-0.39, 0.29) is 6.10 Å². The summed E-state index contributed by atoms with van der Waals surface area (Å²) in [6.45, 7) is 0. The molecular weight excluding hydrogens is 264 g/mol. The number of halogens is 1. The summed E-state index contributed by atoms with van der Waals surface area (Å²) in [6, 6.07) is 5.44. The molecule has 0 radical (unpaired) electrons. The molecule has 0 unspecified atom stereocenters. The summed E-state index contributed by atoms with van der Waals surface area (Å²) in [6.07, 6.45) is 6.00. The Labute approximate surface area is 117 Å². The van der Waals surface area contributed by atoms with Crippen molar-refractivity contribution in [3.63, 3.8) is 0 Å². The monoisotopic (exact) mass is 280 g/mol. The second-order valence-corrected chi connectivity index (χ2v) is 5.96. The van der Waals surface area contributed by atoms with E-state index in [4.69, 9.17) is 16.3 Å². The lowest BCUT2D eigenvalue weighted by molar-refractivity contribution is -0.147. The van der Waals surface area contributed by atoms with Crippen LogP contribution in [-0.2, 0) is 10.2 Å². The Morgan fingerprint density at radius 1 is 1.32 bits per heavy atom. The van der Waals surface area contributed by atoms with Crippen molar-refractivity contribution < 1.29 is 14.6 Å². The van der Waals surface area contributed by atoms with Crippen LogP contribution >= 0.6 is 11.6 Å². The van der Waals surface area contributed by atoms with Crippen molar-refractivity contribution >= 4 is 17.6 Å². The van der Waals surface area contributed by atoms with Gasteiger partial charge in [-0.05, 0) is 49.8 Å². The normalized spacial score (nSPS) is 21.3. The minimum absolute atomic E-state index is 0.278. The van der Waals surface area contributed by atoms with E-state index in [1.165, 1.54) is 6.42 Å². The smallest absolute Gasteiger partial charge is 0.314 e. The molecule has 3 rings (SSSR count). The van der Waals surface area contributed by atoms with E-state index in [1.54, 1.807) is 6.07 Å². The molecule has 2 fully saturated rings. The molecule has 1 aromatic carbocycles. The summed E-state index contributed by atoms with van der Waals surface area (Å²) < 4.78 is 5.78. The van der Waals surface area contributed by atoms with Crippen molar-refractivity contribution in [2.24, 2.45) is 0 Å². The zero-order valence-electron chi connectivity index (χ0n) is 10.7. The van der Waals surface area contributed by atoms with Crippen LogP contribution in [0.2, 0.25) is 5.02 Å². The van der Waals surface area contributed by atoms with Crippen LogP contribution in [0.1, 0.15) is 44.1 Å². The molecule has 0 amide bonds. The Morgan fingerprint density at radius 3 is 2.47 bits per heavy atom. The number of aliphatic carboxylic acids is 1. The SMILES string of the molecule is O=C(O)C1(c2ccc(OC3CCC3)c(Cl)c2)CCC1. The largest absolute Gasteiger partial charge is 0.489 e. The van der Waals surface area contributed by atoms with Gasteiger partial charge in [0, 0.05) is 0 Å². The summed E-state index contributed by atoms with van der Waals surface area (Å²) in [5.41, 5.74) is 0.0794. The second kappa shape index (κ2) is 4.71. The Morgan fingerprint density at radius 2 is 2.05 bits per heavy atom. The van der Waals surface area contributed by atoms with Crippen LogP contribution in [0.15, 0.2) is 18.2 Å². The summed E-state index contributed by atoms with van der Waals surface area (Å²) in [5.74, 6) is -0.0718. The van der Waals surface area contributed by atoms with E-state index in [0.717, 1.165) is 24.8 Å². The first-order valence-corrected chi connectivity index (χ1v) is 7.20. The van der Waals surface area contributed by atoms with Gasteiger partial charge >= 0.3 is 5.97 Å². The fourth-order valence-corrected chi connectivity index (χ4v) is 2.94. The predicted molar refractivity (Wildman–Crippen MR) is 72.9 cm³/mol. The molecule has 2 aliphatic carbocycles. The average Bonchev–Trinajstić information content (AvgIpc) is 2.23. The maximum absolute atomic E-state index is 11.5. The highest BCUT2D eigenvalue weighted by atomic mass is 35.5. The number of benzene rings is 1. The van der Waals surface area contributed by atoms with Gasteiger partial charge in [-0.15, -0.1) is 0 Å². The number of carboxylic acids is 1. The van der Waals surface area contributed by atoms with Gasteiger partial charge in [0.15, 0.2) is 0 Å². The molecule has 102 valence electrons. The van der Waals surface area contributed by atoms with E-state index in [0.29, 0.717) is 23.6 Å². The van der Waals surface area contributed by atoms with Gasteiger partial charge in [0.25, 0.3) is 0 Å². The molecule has 1 N–H and O–H groups in total. The molecule has 0 heterocycles. The first-order chi connectivity index (χ1) is 9.12. The van der Waals surface area contributed by atoms with Gasteiger partial charge in [-0.3, -0.25) is 4.79 Å². The minimum Gasteiger partial charge on any atom is -0.489 e. The second-order valence-electron chi connectivity index (χ2n) is 5.56. The molecule has 2 aliphatic rings. The van der Waals surface area contributed by atoms with Gasteiger partial charge in [-0.25, -0.2) is 0 Å². The summed E-state index contributed by atoms with van der Waals surface area (Å²) in [4.78, 5) is 11.5. The molecule has 2 saturated carbocycles. The fraction of sp³-hybridized carbons (Fsp3) is 0.533. The Bertz CT molecular complexity index is 504. The summed E-state index contributed by atoms with van der Waals surface area (Å²) in [5, 5.41) is 9.94. The molecule has 19 heavy (non-hydrogen) atoms. The van der Waals surface area contributed by atoms with Gasteiger partial charge in [-0.2, -0.15) is 0 Å². The third-order valence-corrected chi connectivity index (χ3v) is 4.74. The van der Waals surface area contributed by atoms with Crippen molar-refractivity contribution in [2.75, 3.05) is 0 Å². The van der Waals surface area contributed by atoms with E-state index in [2.05, 4.69) is 0 Å². The maximum atomic E-state index is 11.5. The topological polar surface area (TPSA) is 46.5 Å². The van der Waals surface area contributed by atoms with E-state index < -0.39 is 11.4 Å². The third-order valence-electron chi connectivity index (χ3n) is 4.45. The molecular formula is C15H17ClO3. The number of hydrogen-bond donors (Lipinski definition) is 1. The molecule has 3 nitrogen and oxygen atoms in total. The quantitative estimate of drug-likeness (QED) is 0.913. The van der Waals surface area contributed by atoms with Crippen LogP contribution in [0.3, 0.4) is 0 Å². The maximum Gasteiger partial charge on any atom is 0.314 e. The lowest BCUT2D eigenvalue weighted by Gasteiger charge is -2.38. The molecule has 0 saturated heterocycles. The molecule has 4 heteroatoms. The summed E-state index contributed by atoms with van der Waals surface area (Å²) in [7, 11) is 0. The first-order valence-electron chi connectivity index (χ1n) is 6.82. The third kappa shape index (κ3) is 2.10. The van der Waals surface area contributed by atoms with Crippen LogP contribution < -0.4 is 4.74 Å². The standard InChI is InChI=1S/C15H17ClO3/c16-12-9-10(15(14(17)18)7-2-8-15)5-6-13(12)19-11-3-1-4-11/h5-6,9,11H,1-4,7-8H2,(H,17,18). The van der Waals surface area contributed by atoms with Crippen LogP contribution in [0, 0.1) is 0 Å². The molecule has 0 aliphatic heterocycles. The molecule has 0 aromatic heterocycles. The highest BCUT2D eigenvalue weighted by Gasteiger charge is 2.46. The van der Waals surface area contributed by atoms with Gasteiger partial charge in [0.2, 0.25) is 0 Å². The van der Waals surface area contributed by atoms with Crippen molar-refractivity contribution in [3.8, 4) is 5.75 Å². The van der Waals surface area contributed by atoms with Crippen molar-refractivity contribution in [1.29, 1.82) is 0 Å². The fourth-order valence-electron chi connectivity index (χ4n) is 2.72. The molecule has 1 aromatic rings. The number of hydrogen-bond acceptors (Lipinski definition) is 2. The number of carboxylic acid groups (broad SMARTS) is 1. The van der Waals surface area contributed by atoms with E-state index in [1.807, 2.05) is 12.1 Å². The first kappa shape index (κ1) is 12.8. The Balaban J connectivity index is 1.84. The highest BCUT2D eigenvalue weighted by Crippen LogP contribution is 2.45. The van der Waals surface area contributed by atoms with Crippen LogP contribution in [0.25, 0.3) is 0 Å². The van der Waals surface area contributed by atoms with E-state index >= 15 is 0 Å². The van der Waals surface area contributed by atoms with E-state index in [9.17, 15) is 9.90 Å². The minimum atomic E-state index is -0.748. The van der Waals surface area contributed by atoms with Gasteiger partial charge < -0.3 is 9.84 Å². The van der Waals surface area contributed by atoms with Gasteiger partial charge in [-0.1, -0.05) is 24.1 Å². The highest BCUT2D eigenvalue weighted by molar-refractivity contribution is 6.32. The number of carbonyl (C=O) groups is 1. The lowest BCUT2D eigenvalue weighted by Crippen LogP contribution is -2.42. The van der Waals surface area contributed by atoms with Gasteiger partial charge in [0.1, 0.15) is 5.75 Å². The summed E-state index contributed by atoms with van der Waals surface area (Å²) >= 11 is 6.23. The van der Waals surface area contributed by atoms with Crippen molar-refractivity contribution in [3.05, 3.63) is 28.8 Å². The lowest BCUT2D eigenvalue weighted by atomic mass is 9.64. The van der Waals surface area contributed by atoms with Gasteiger partial charge in [0.05, 0.1) is 16.5 Å². The average molecular weight is 281 g/mol.